The van der Waals surface area contributed by atoms with Gasteiger partial charge in [-0.3, -0.25) is 4.79 Å². The number of carbonyl (C=O) groups is 1. The summed E-state index contributed by atoms with van der Waals surface area (Å²) in [6.07, 6.45) is 2.27. The quantitative estimate of drug-likeness (QED) is 0.880. The second-order valence-electron chi connectivity index (χ2n) is 6.73. The average Bonchev–Trinajstić information content (AvgIpc) is 3.26. The van der Waals surface area contributed by atoms with Crippen LogP contribution in [0.15, 0.2) is 48.5 Å². The molecule has 25 heavy (non-hydrogen) atoms. The van der Waals surface area contributed by atoms with Gasteiger partial charge < -0.3 is 20.1 Å². The summed E-state index contributed by atoms with van der Waals surface area (Å²) >= 11 is 0. The molecular formula is C20H22N2O3. The van der Waals surface area contributed by atoms with Gasteiger partial charge in [-0.15, -0.1) is 0 Å². The number of methoxy groups -OCH3 is 1. The maximum absolute atomic E-state index is 12.4. The van der Waals surface area contributed by atoms with Crippen molar-refractivity contribution < 1.29 is 14.3 Å². The molecule has 2 aromatic rings. The number of fused-ring (bicyclic) bond motifs is 2. The number of nitrogens with one attached hydrogen (secondary N) is 2. The summed E-state index contributed by atoms with van der Waals surface area (Å²) in [5, 5.41) is 6.62. The monoisotopic (exact) mass is 338 g/mol. The molecule has 1 aliphatic carbocycles. The molecule has 1 saturated heterocycles. The molecule has 3 unspecified atom stereocenters. The van der Waals surface area contributed by atoms with Gasteiger partial charge in [0.15, 0.2) is 0 Å². The van der Waals surface area contributed by atoms with Crippen LogP contribution in [0.1, 0.15) is 23.2 Å². The summed E-state index contributed by atoms with van der Waals surface area (Å²) in [5.74, 6) is 2.91. The Kier molecular flexibility index (Phi) is 4.32. The number of amides is 1. The summed E-state index contributed by atoms with van der Waals surface area (Å²) in [6, 6.07) is 15.3. The molecule has 1 amide bonds. The van der Waals surface area contributed by atoms with Crippen molar-refractivity contribution in [2.24, 2.45) is 5.92 Å². The smallest absolute Gasteiger partial charge is 0.251 e. The highest BCUT2D eigenvalue weighted by molar-refractivity contribution is 5.94. The van der Waals surface area contributed by atoms with Crippen molar-refractivity contribution in [3.8, 4) is 17.2 Å². The number of hydrogen-bond donors (Lipinski definition) is 2. The van der Waals surface area contributed by atoms with Crippen molar-refractivity contribution in [3.63, 3.8) is 0 Å². The SMILES string of the molecule is COc1ccc(Oc2ccc(C(=O)NC3CC4CNC3C4)cc2)cc1. The van der Waals surface area contributed by atoms with E-state index in [1.54, 1.807) is 19.2 Å². The third-order valence-electron chi connectivity index (χ3n) is 5.06. The molecule has 5 nitrogen and oxygen atoms in total. The van der Waals surface area contributed by atoms with Crippen LogP contribution >= 0.6 is 0 Å². The van der Waals surface area contributed by atoms with E-state index in [9.17, 15) is 4.79 Å². The third-order valence-corrected chi connectivity index (χ3v) is 5.06. The van der Waals surface area contributed by atoms with Crippen LogP contribution in [0.3, 0.4) is 0 Å². The molecule has 0 aromatic heterocycles. The van der Waals surface area contributed by atoms with E-state index in [1.807, 2.05) is 36.4 Å². The second kappa shape index (κ2) is 6.76. The molecule has 4 rings (SSSR count). The molecule has 0 spiro atoms. The Labute approximate surface area is 147 Å². The van der Waals surface area contributed by atoms with E-state index < -0.39 is 0 Å². The Morgan fingerprint density at radius 3 is 2.20 bits per heavy atom. The number of carbonyl (C=O) groups excluding carboxylic acids is 1. The van der Waals surface area contributed by atoms with Crippen molar-refractivity contribution >= 4 is 5.91 Å². The lowest BCUT2D eigenvalue weighted by Crippen LogP contribution is -2.47. The number of piperidine rings is 1. The molecule has 3 atom stereocenters. The topological polar surface area (TPSA) is 59.6 Å². The van der Waals surface area contributed by atoms with Gasteiger partial charge in [-0.25, -0.2) is 0 Å². The van der Waals surface area contributed by atoms with Gasteiger partial charge in [0.25, 0.3) is 5.91 Å². The van der Waals surface area contributed by atoms with Crippen molar-refractivity contribution in [3.05, 3.63) is 54.1 Å². The fraction of sp³-hybridized carbons (Fsp3) is 0.350. The van der Waals surface area contributed by atoms with E-state index in [0.717, 1.165) is 30.4 Å². The number of hydrogen-bond acceptors (Lipinski definition) is 4. The Morgan fingerprint density at radius 1 is 1.00 bits per heavy atom. The predicted octanol–water partition coefficient (Wildman–Crippen LogP) is 2.97. The van der Waals surface area contributed by atoms with E-state index >= 15 is 0 Å². The number of ether oxygens (including phenoxy) is 2. The molecule has 2 N–H and O–H groups in total. The maximum atomic E-state index is 12.4. The molecule has 2 bridgehead atoms. The highest BCUT2D eigenvalue weighted by atomic mass is 16.5. The first kappa shape index (κ1) is 16.0. The lowest BCUT2D eigenvalue weighted by molar-refractivity contribution is 0.0928. The molecule has 130 valence electrons. The zero-order chi connectivity index (χ0) is 17.2. The van der Waals surface area contributed by atoms with Gasteiger partial charge in [0, 0.05) is 17.6 Å². The molecule has 5 heteroatoms. The van der Waals surface area contributed by atoms with Crippen LogP contribution < -0.4 is 20.1 Å². The molecule has 2 aromatic carbocycles. The third kappa shape index (κ3) is 3.46. The normalized spacial score (nSPS) is 24.1. The lowest BCUT2D eigenvalue weighted by atomic mass is 10.1. The molecule has 1 aliphatic heterocycles. The Hall–Kier alpha value is -2.53. The van der Waals surface area contributed by atoms with Crippen LogP contribution in [0.4, 0.5) is 0 Å². The second-order valence-corrected chi connectivity index (χ2v) is 6.73. The van der Waals surface area contributed by atoms with Crippen LogP contribution in [0, 0.1) is 5.92 Å². The maximum Gasteiger partial charge on any atom is 0.251 e. The summed E-state index contributed by atoms with van der Waals surface area (Å²) in [6.45, 7) is 1.09. The van der Waals surface area contributed by atoms with Gasteiger partial charge in [0.05, 0.1) is 7.11 Å². The summed E-state index contributed by atoms with van der Waals surface area (Å²) < 4.78 is 10.9. The standard InChI is InChI=1S/C20H22N2O3/c1-24-15-6-8-17(9-7-15)25-16-4-2-14(3-5-16)20(23)22-19-11-13-10-18(19)21-12-13/h2-9,13,18-19,21H,10-12H2,1H3,(H,22,23). The largest absolute Gasteiger partial charge is 0.497 e. The first-order chi connectivity index (χ1) is 12.2. The zero-order valence-corrected chi connectivity index (χ0v) is 14.2. The Morgan fingerprint density at radius 2 is 1.64 bits per heavy atom. The molecule has 1 heterocycles. The minimum absolute atomic E-state index is 0.0182. The number of rotatable bonds is 5. The Bertz CT molecular complexity index is 743. The Balaban J connectivity index is 1.36. The summed E-state index contributed by atoms with van der Waals surface area (Å²) in [4.78, 5) is 12.4. The van der Waals surface area contributed by atoms with E-state index in [0.29, 0.717) is 17.4 Å². The molecule has 2 aliphatic rings. The minimum Gasteiger partial charge on any atom is -0.497 e. The van der Waals surface area contributed by atoms with Gasteiger partial charge in [-0.1, -0.05) is 0 Å². The van der Waals surface area contributed by atoms with Crippen molar-refractivity contribution in [1.82, 2.24) is 10.6 Å². The highest BCUT2D eigenvalue weighted by Gasteiger charge is 2.39. The predicted molar refractivity (Wildman–Crippen MR) is 95.3 cm³/mol. The lowest BCUT2D eigenvalue weighted by Gasteiger charge is -2.24. The summed E-state index contributed by atoms with van der Waals surface area (Å²) in [5.41, 5.74) is 0.657. The van der Waals surface area contributed by atoms with Gasteiger partial charge in [0.1, 0.15) is 17.2 Å². The number of benzene rings is 2. The first-order valence-corrected chi connectivity index (χ1v) is 8.67. The first-order valence-electron chi connectivity index (χ1n) is 8.67. The molecule has 2 fully saturated rings. The van der Waals surface area contributed by atoms with Crippen LogP contribution in [-0.2, 0) is 0 Å². The van der Waals surface area contributed by atoms with E-state index in [2.05, 4.69) is 10.6 Å². The minimum atomic E-state index is -0.0182. The highest BCUT2D eigenvalue weighted by Crippen LogP contribution is 2.31. The fourth-order valence-electron chi connectivity index (χ4n) is 3.72. The van der Waals surface area contributed by atoms with Gasteiger partial charge >= 0.3 is 0 Å². The van der Waals surface area contributed by atoms with Crippen LogP contribution in [-0.4, -0.2) is 31.6 Å². The summed E-state index contributed by atoms with van der Waals surface area (Å²) in [7, 11) is 1.63. The van der Waals surface area contributed by atoms with E-state index in [1.165, 1.54) is 6.42 Å². The van der Waals surface area contributed by atoms with Crippen molar-refractivity contribution in [2.75, 3.05) is 13.7 Å². The van der Waals surface area contributed by atoms with Gasteiger partial charge in [-0.05, 0) is 73.8 Å². The molecule has 1 saturated carbocycles. The van der Waals surface area contributed by atoms with E-state index in [4.69, 9.17) is 9.47 Å². The molecular weight excluding hydrogens is 316 g/mol. The fourth-order valence-corrected chi connectivity index (χ4v) is 3.72. The van der Waals surface area contributed by atoms with Gasteiger partial charge in [-0.2, -0.15) is 0 Å². The van der Waals surface area contributed by atoms with Crippen LogP contribution in [0.25, 0.3) is 0 Å². The van der Waals surface area contributed by atoms with Crippen LogP contribution in [0.2, 0.25) is 0 Å². The van der Waals surface area contributed by atoms with E-state index in [-0.39, 0.29) is 11.9 Å². The molecule has 0 radical (unpaired) electrons. The zero-order valence-electron chi connectivity index (χ0n) is 14.2. The van der Waals surface area contributed by atoms with Crippen molar-refractivity contribution in [1.29, 1.82) is 0 Å². The average molecular weight is 338 g/mol. The van der Waals surface area contributed by atoms with Crippen molar-refractivity contribution in [2.45, 2.75) is 24.9 Å². The van der Waals surface area contributed by atoms with Gasteiger partial charge in [0.2, 0.25) is 0 Å². The van der Waals surface area contributed by atoms with Crippen LogP contribution in [0.5, 0.6) is 17.2 Å².